The third-order valence-corrected chi connectivity index (χ3v) is 8.03. The van der Waals surface area contributed by atoms with Gasteiger partial charge in [-0.15, -0.1) is 0 Å². The number of hydrogen-bond acceptors (Lipinski definition) is 4. The number of benzene rings is 4. The molecule has 0 saturated carbocycles. The van der Waals surface area contributed by atoms with Gasteiger partial charge in [-0.05, 0) is 66.3 Å². The summed E-state index contributed by atoms with van der Waals surface area (Å²) >= 11 is 0. The SMILES string of the molecule is O=S(=O)(Nc1ccccc1OCc1ccccc1)c1ccc(N2CCC(c3ccccc3)CC2)cc1. The van der Waals surface area contributed by atoms with Gasteiger partial charge in [-0.3, -0.25) is 4.72 Å². The fourth-order valence-electron chi connectivity index (χ4n) is 4.65. The molecule has 0 radical (unpaired) electrons. The van der Waals surface area contributed by atoms with Crippen molar-refractivity contribution in [2.75, 3.05) is 22.7 Å². The largest absolute Gasteiger partial charge is 0.487 e. The standard InChI is InChI=1S/C30H30N2O3S/c33-36(34,31-29-13-7-8-14-30(29)35-23-24-9-3-1-4-10-24)28-17-15-27(16-18-28)32-21-19-26(20-22-32)25-11-5-2-6-12-25/h1-18,26,31H,19-23H2. The maximum Gasteiger partial charge on any atom is 0.262 e. The van der Waals surface area contributed by atoms with Crippen LogP contribution in [-0.2, 0) is 16.6 Å². The summed E-state index contributed by atoms with van der Waals surface area (Å²) in [6.07, 6.45) is 2.18. The van der Waals surface area contributed by atoms with Crippen LogP contribution in [0.15, 0.2) is 114 Å². The van der Waals surface area contributed by atoms with Gasteiger partial charge in [0.2, 0.25) is 0 Å². The zero-order chi connectivity index (χ0) is 24.8. The maximum atomic E-state index is 13.1. The summed E-state index contributed by atoms with van der Waals surface area (Å²) in [4.78, 5) is 2.55. The van der Waals surface area contributed by atoms with Crippen molar-refractivity contribution < 1.29 is 13.2 Å². The molecule has 0 bridgehead atoms. The first kappa shape index (κ1) is 23.9. The van der Waals surface area contributed by atoms with Crippen molar-refractivity contribution in [3.8, 4) is 5.75 Å². The molecule has 36 heavy (non-hydrogen) atoms. The molecule has 4 aromatic carbocycles. The lowest BCUT2D eigenvalue weighted by Gasteiger charge is -2.34. The van der Waals surface area contributed by atoms with Crippen LogP contribution in [0, 0.1) is 0 Å². The first-order valence-electron chi connectivity index (χ1n) is 12.3. The molecule has 1 N–H and O–H groups in total. The van der Waals surface area contributed by atoms with Crippen LogP contribution in [0.3, 0.4) is 0 Å². The van der Waals surface area contributed by atoms with Crippen LogP contribution in [-0.4, -0.2) is 21.5 Å². The average Bonchev–Trinajstić information content (AvgIpc) is 2.94. The van der Waals surface area contributed by atoms with E-state index in [2.05, 4.69) is 40.0 Å². The van der Waals surface area contributed by atoms with E-state index in [0.717, 1.165) is 37.2 Å². The van der Waals surface area contributed by atoms with Gasteiger partial charge in [-0.25, -0.2) is 8.42 Å². The zero-order valence-corrected chi connectivity index (χ0v) is 20.9. The Kier molecular flexibility index (Phi) is 7.23. The Morgan fingerprint density at radius 3 is 2.06 bits per heavy atom. The summed E-state index contributed by atoms with van der Waals surface area (Å²) in [6, 6.07) is 34.7. The molecule has 0 unspecified atom stereocenters. The van der Waals surface area contributed by atoms with Crippen LogP contribution in [0.2, 0.25) is 0 Å². The number of ether oxygens (including phenoxy) is 1. The summed E-state index contributed by atoms with van der Waals surface area (Å²) < 4.78 is 34.9. The number of para-hydroxylation sites is 2. The molecule has 1 saturated heterocycles. The van der Waals surface area contributed by atoms with Gasteiger partial charge < -0.3 is 9.64 Å². The van der Waals surface area contributed by atoms with Crippen molar-refractivity contribution in [3.63, 3.8) is 0 Å². The van der Waals surface area contributed by atoms with E-state index < -0.39 is 10.0 Å². The fraction of sp³-hybridized carbons (Fsp3) is 0.200. The van der Waals surface area contributed by atoms with E-state index >= 15 is 0 Å². The Bertz CT molecular complexity index is 1370. The fourth-order valence-corrected chi connectivity index (χ4v) is 5.72. The topological polar surface area (TPSA) is 58.6 Å². The van der Waals surface area contributed by atoms with E-state index in [0.29, 0.717) is 24.0 Å². The molecule has 4 aromatic rings. The molecule has 0 atom stereocenters. The highest BCUT2D eigenvalue weighted by atomic mass is 32.2. The van der Waals surface area contributed by atoms with Gasteiger partial charge >= 0.3 is 0 Å². The number of nitrogens with zero attached hydrogens (tertiary/aromatic N) is 1. The van der Waals surface area contributed by atoms with E-state index in [1.165, 1.54) is 5.56 Å². The second-order valence-electron chi connectivity index (χ2n) is 9.04. The first-order valence-corrected chi connectivity index (χ1v) is 13.8. The van der Waals surface area contributed by atoms with E-state index in [1.54, 1.807) is 30.3 Å². The molecule has 1 fully saturated rings. The Balaban J connectivity index is 1.23. The minimum absolute atomic E-state index is 0.225. The summed E-state index contributed by atoms with van der Waals surface area (Å²) in [5, 5.41) is 0. The molecule has 5 nitrogen and oxygen atoms in total. The Labute approximate surface area is 213 Å². The van der Waals surface area contributed by atoms with Crippen LogP contribution in [0.4, 0.5) is 11.4 Å². The van der Waals surface area contributed by atoms with Crippen molar-refractivity contribution >= 4 is 21.4 Å². The molecule has 0 aliphatic carbocycles. The molecule has 0 amide bonds. The van der Waals surface area contributed by atoms with Crippen LogP contribution in [0.25, 0.3) is 0 Å². The second kappa shape index (κ2) is 10.9. The van der Waals surface area contributed by atoms with Crippen LogP contribution < -0.4 is 14.4 Å². The Morgan fingerprint density at radius 2 is 1.36 bits per heavy atom. The van der Waals surface area contributed by atoms with Crippen molar-refractivity contribution in [2.24, 2.45) is 0 Å². The minimum atomic E-state index is -3.76. The minimum Gasteiger partial charge on any atom is -0.487 e. The molecule has 6 heteroatoms. The Hall–Kier alpha value is -3.77. The Morgan fingerprint density at radius 1 is 0.750 bits per heavy atom. The normalized spacial score (nSPS) is 14.4. The molecular weight excluding hydrogens is 468 g/mol. The van der Waals surface area contributed by atoms with Gasteiger partial charge in [-0.1, -0.05) is 72.8 Å². The van der Waals surface area contributed by atoms with Crippen molar-refractivity contribution in [1.82, 2.24) is 0 Å². The molecule has 1 heterocycles. The van der Waals surface area contributed by atoms with Gasteiger partial charge in [0.1, 0.15) is 12.4 Å². The van der Waals surface area contributed by atoms with E-state index in [9.17, 15) is 8.42 Å². The number of hydrogen-bond donors (Lipinski definition) is 1. The predicted octanol–water partition coefficient (Wildman–Crippen LogP) is 6.45. The second-order valence-corrected chi connectivity index (χ2v) is 10.7. The van der Waals surface area contributed by atoms with Gasteiger partial charge in [-0.2, -0.15) is 0 Å². The average molecular weight is 499 g/mol. The number of nitrogens with one attached hydrogen (secondary N) is 1. The predicted molar refractivity (Wildman–Crippen MR) is 145 cm³/mol. The molecule has 5 rings (SSSR count). The molecular formula is C30H30N2O3S. The molecule has 184 valence electrons. The lowest BCUT2D eigenvalue weighted by Crippen LogP contribution is -2.32. The third kappa shape index (κ3) is 5.71. The lowest BCUT2D eigenvalue weighted by atomic mass is 9.89. The summed E-state index contributed by atoms with van der Waals surface area (Å²) in [5.74, 6) is 1.07. The van der Waals surface area contributed by atoms with Gasteiger partial charge in [0, 0.05) is 18.8 Å². The molecule has 1 aliphatic rings. The third-order valence-electron chi connectivity index (χ3n) is 6.65. The van der Waals surface area contributed by atoms with Crippen LogP contribution >= 0.6 is 0 Å². The van der Waals surface area contributed by atoms with Crippen molar-refractivity contribution in [3.05, 3.63) is 120 Å². The number of piperidine rings is 1. The van der Waals surface area contributed by atoms with Gasteiger partial charge in [0.25, 0.3) is 10.0 Å². The maximum absolute atomic E-state index is 13.1. The highest BCUT2D eigenvalue weighted by Crippen LogP contribution is 2.31. The van der Waals surface area contributed by atoms with Gasteiger partial charge in [0.15, 0.2) is 0 Å². The van der Waals surface area contributed by atoms with E-state index in [4.69, 9.17) is 4.74 Å². The molecule has 1 aliphatic heterocycles. The zero-order valence-electron chi connectivity index (χ0n) is 20.1. The monoisotopic (exact) mass is 498 g/mol. The van der Waals surface area contributed by atoms with Crippen molar-refractivity contribution in [2.45, 2.75) is 30.3 Å². The number of sulfonamides is 1. The van der Waals surface area contributed by atoms with Gasteiger partial charge in [0.05, 0.1) is 10.6 Å². The molecule has 0 spiro atoms. The smallest absolute Gasteiger partial charge is 0.262 e. The summed E-state index contributed by atoms with van der Waals surface area (Å²) in [5.41, 5.74) is 3.88. The summed E-state index contributed by atoms with van der Waals surface area (Å²) in [7, 11) is -3.76. The lowest BCUT2D eigenvalue weighted by molar-refractivity contribution is 0.308. The van der Waals surface area contributed by atoms with E-state index in [-0.39, 0.29) is 4.90 Å². The first-order chi connectivity index (χ1) is 17.6. The van der Waals surface area contributed by atoms with E-state index in [1.807, 2.05) is 48.5 Å². The highest BCUT2D eigenvalue weighted by Gasteiger charge is 2.22. The van der Waals surface area contributed by atoms with Crippen molar-refractivity contribution in [1.29, 1.82) is 0 Å². The number of anilines is 2. The highest BCUT2D eigenvalue weighted by molar-refractivity contribution is 7.92. The van der Waals surface area contributed by atoms with Crippen LogP contribution in [0.5, 0.6) is 5.75 Å². The molecule has 0 aromatic heterocycles. The van der Waals surface area contributed by atoms with Crippen LogP contribution in [0.1, 0.15) is 29.9 Å². The summed E-state index contributed by atoms with van der Waals surface area (Å²) in [6.45, 7) is 2.27. The quantitative estimate of drug-likeness (QED) is 0.303. The number of rotatable bonds is 8.